The van der Waals surface area contributed by atoms with Gasteiger partial charge in [0.1, 0.15) is 5.82 Å². The zero-order chi connectivity index (χ0) is 20.1. The number of aryl methyl sites for hydroxylation is 1. The van der Waals surface area contributed by atoms with Gasteiger partial charge in [0.15, 0.2) is 0 Å². The number of fused-ring (bicyclic) bond motifs is 1. The molecule has 0 bridgehead atoms. The van der Waals surface area contributed by atoms with E-state index >= 15 is 0 Å². The van der Waals surface area contributed by atoms with E-state index in [0.717, 1.165) is 34.7 Å². The third-order valence-electron chi connectivity index (χ3n) is 5.96. The van der Waals surface area contributed by atoms with Crippen molar-refractivity contribution in [2.24, 2.45) is 5.92 Å². The molecule has 1 fully saturated rings. The summed E-state index contributed by atoms with van der Waals surface area (Å²) < 4.78 is 3.34. The first-order valence-corrected chi connectivity index (χ1v) is 11.5. The summed E-state index contributed by atoms with van der Waals surface area (Å²) in [6.45, 7) is 1.60. The summed E-state index contributed by atoms with van der Waals surface area (Å²) in [5.41, 5.74) is 2.93. The molecule has 4 rings (SSSR count). The van der Waals surface area contributed by atoms with Crippen molar-refractivity contribution in [1.82, 2.24) is 14.9 Å². The monoisotopic (exact) mass is 453 g/mol. The SMILES string of the molecule is O=C(NCCc1nc2ccccc2n1CCC1CCCCC1)c1ccc(Br)cc1. The van der Waals surface area contributed by atoms with Gasteiger partial charge in [-0.1, -0.05) is 60.2 Å². The molecular weight excluding hydrogens is 426 g/mol. The lowest BCUT2D eigenvalue weighted by atomic mass is 9.87. The van der Waals surface area contributed by atoms with Crippen molar-refractivity contribution in [1.29, 1.82) is 0 Å². The number of amides is 1. The highest BCUT2D eigenvalue weighted by Gasteiger charge is 2.16. The van der Waals surface area contributed by atoms with Crippen LogP contribution in [0, 0.1) is 5.92 Å². The van der Waals surface area contributed by atoms with Crippen LogP contribution in [0.2, 0.25) is 0 Å². The first-order chi connectivity index (χ1) is 14.2. The maximum absolute atomic E-state index is 12.4. The van der Waals surface area contributed by atoms with Gasteiger partial charge in [-0.05, 0) is 48.7 Å². The molecule has 152 valence electrons. The number of rotatable bonds is 7. The molecule has 0 spiro atoms. The number of nitrogens with one attached hydrogen (secondary N) is 1. The maximum Gasteiger partial charge on any atom is 0.251 e. The van der Waals surface area contributed by atoms with Gasteiger partial charge in [0.25, 0.3) is 5.91 Å². The molecule has 0 radical (unpaired) electrons. The molecule has 1 aromatic heterocycles. The van der Waals surface area contributed by atoms with Crippen molar-refractivity contribution < 1.29 is 4.79 Å². The zero-order valence-electron chi connectivity index (χ0n) is 16.7. The summed E-state index contributed by atoms with van der Waals surface area (Å²) in [5, 5.41) is 3.04. The second-order valence-electron chi connectivity index (χ2n) is 7.97. The van der Waals surface area contributed by atoms with Crippen molar-refractivity contribution in [3.8, 4) is 0 Å². The van der Waals surface area contributed by atoms with Gasteiger partial charge in [0, 0.05) is 29.5 Å². The second-order valence-corrected chi connectivity index (χ2v) is 8.89. The summed E-state index contributed by atoms with van der Waals surface area (Å²) in [6, 6.07) is 15.8. The summed E-state index contributed by atoms with van der Waals surface area (Å²) >= 11 is 3.40. The van der Waals surface area contributed by atoms with E-state index in [-0.39, 0.29) is 5.91 Å². The van der Waals surface area contributed by atoms with Gasteiger partial charge in [-0.15, -0.1) is 0 Å². The number of para-hydroxylation sites is 2. The van der Waals surface area contributed by atoms with Crippen LogP contribution in [-0.4, -0.2) is 22.0 Å². The largest absolute Gasteiger partial charge is 0.352 e. The molecule has 2 aromatic carbocycles. The van der Waals surface area contributed by atoms with Crippen molar-refractivity contribution >= 4 is 32.9 Å². The van der Waals surface area contributed by atoms with Crippen molar-refractivity contribution in [2.45, 2.75) is 51.5 Å². The summed E-state index contributed by atoms with van der Waals surface area (Å²) in [7, 11) is 0. The van der Waals surface area contributed by atoms with Crippen LogP contribution < -0.4 is 5.32 Å². The molecule has 1 aliphatic carbocycles. The Morgan fingerprint density at radius 1 is 1.07 bits per heavy atom. The minimum atomic E-state index is -0.0395. The predicted molar refractivity (Wildman–Crippen MR) is 121 cm³/mol. The Labute approximate surface area is 180 Å². The Hall–Kier alpha value is -2.14. The van der Waals surface area contributed by atoms with Crippen molar-refractivity contribution in [3.05, 3.63) is 64.4 Å². The molecule has 5 heteroatoms. The lowest BCUT2D eigenvalue weighted by Gasteiger charge is -2.22. The molecule has 0 saturated heterocycles. The van der Waals surface area contributed by atoms with Crippen LogP contribution in [0.1, 0.15) is 54.7 Å². The van der Waals surface area contributed by atoms with E-state index in [1.54, 1.807) is 0 Å². The van der Waals surface area contributed by atoms with E-state index in [0.29, 0.717) is 12.1 Å². The van der Waals surface area contributed by atoms with Crippen LogP contribution in [0.25, 0.3) is 11.0 Å². The molecule has 1 N–H and O–H groups in total. The van der Waals surface area contributed by atoms with Gasteiger partial charge in [0.05, 0.1) is 11.0 Å². The molecule has 1 amide bonds. The van der Waals surface area contributed by atoms with Gasteiger partial charge >= 0.3 is 0 Å². The summed E-state index contributed by atoms with van der Waals surface area (Å²) in [4.78, 5) is 17.2. The topological polar surface area (TPSA) is 46.9 Å². The number of aromatic nitrogens is 2. The fraction of sp³-hybridized carbons (Fsp3) is 0.417. The molecule has 0 aliphatic heterocycles. The van der Waals surface area contributed by atoms with Crippen LogP contribution in [0.4, 0.5) is 0 Å². The van der Waals surface area contributed by atoms with Crippen LogP contribution >= 0.6 is 15.9 Å². The number of hydrogen-bond acceptors (Lipinski definition) is 2. The second kappa shape index (κ2) is 9.57. The number of carbonyl (C=O) groups is 1. The van der Waals surface area contributed by atoms with E-state index in [4.69, 9.17) is 4.98 Å². The number of halogens is 1. The normalized spacial score (nSPS) is 14.9. The van der Waals surface area contributed by atoms with E-state index in [1.165, 1.54) is 44.0 Å². The molecule has 4 nitrogen and oxygen atoms in total. The first-order valence-electron chi connectivity index (χ1n) is 10.7. The molecule has 3 aromatic rings. The maximum atomic E-state index is 12.4. The summed E-state index contributed by atoms with van der Waals surface area (Å²) in [5.74, 6) is 1.87. The number of nitrogens with zero attached hydrogens (tertiary/aromatic N) is 2. The van der Waals surface area contributed by atoms with Crippen LogP contribution in [0.3, 0.4) is 0 Å². The number of benzene rings is 2. The number of carbonyl (C=O) groups excluding carboxylic acids is 1. The third kappa shape index (κ3) is 5.08. The van der Waals surface area contributed by atoms with E-state index in [2.05, 4.69) is 44.0 Å². The van der Waals surface area contributed by atoms with E-state index in [1.807, 2.05) is 30.3 Å². The fourth-order valence-corrected chi connectivity index (χ4v) is 4.61. The minimum Gasteiger partial charge on any atom is -0.352 e. The molecule has 0 atom stereocenters. The van der Waals surface area contributed by atoms with Crippen LogP contribution in [0.15, 0.2) is 53.0 Å². The Bertz CT molecular complexity index is 958. The van der Waals surface area contributed by atoms with Crippen molar-refractivity contribution in [3.63, 3.8) is 0 Å². The highest BCUT2D eigenvalue weighted by molar-refractivity contribution is 9.10. The smallest absolute Gasteiger partial charge is 0.251 e. The summed E-state index contributed by atoms with van der Waals surface area (Å²) in [6.07, 6.45) is 8.85. The molecule has 1 heterocycles. The minimum absolute atomic E-state index is 0.0395. The van der Waals surface area contributed by atoms with Gasteiger partial charge in [-0.3, -0.25) is 4.79 Å². The quantitative estimate of drug-likeness (QED) is 0.495. The Morgan fingerprint density at radius 2 is 1.83 bits per heavy atom. The highest BCUT2D eigenvalue weighted by Crippen LogP contribution is 2.28. The average molecular weight is 454 g/mol. The molecule has 0 unspecified atom stereocenters. The third-order valence-corrected chi connectivity index (χ3v) is 6.49. The lowest BCUT2D eigenvalue weighted by molar-refractivity contribution is 0.0954. The predicted octanol–water partition coefficient (Wildman–Crippen LogP) is 5.74. The first kappa shape index (κ1) is 20.1. The van der Waals surface area contributed by atoms with Crippen LogP contribution in [-0.2, 0) is 13.0 Å². The van der Waals surface area contributed by atoms with E-state index in [9.17, 15) is 4.79 Å². The fourth-order valence-electron chi connectivity index (χ4n) is 4.34. The van der Waals surface area contributed by atoms with Crippen molar-refractivity contribution in [2.75, 3.05) is 6.54 Å². The zero-order valence-corrected chi connectivity index (χ0v) is 18.3. The standard InChI is InChI=1S/C24H28BrN3O/c25-20-12-10-19(11-13-20)24(29)26-16-14-23-27-21-8-4-5-9-22(21)28(23)17-15-18-6-2-1-3-7-18/h4-5,8-13,18H,1-3,6-7,14-17H2,(H,26,29). The van der Waals surface area contributed by atoms with E-state index < -0.39 is 0 Å². The number of hydrogen-bond donors (Lipinski definition) is 1. The molecule has 29 heavy (non-hydrogen) atoms. The van der Waals surface area contributed by atoms with Gasteiger partial charge in [-0.2, -0.15) is 0 Å². The van der Waals surface area contributed by atoms with Gasteiger partial charge in [-0.25, -0.2) is 4.98 Å². The Morgan fingerprint density at radius 3 is 2.62 bits per heavy atom. The number of imidazole rings is 1. The van der Waals surface area contributed by atoms with Gasteiger partial charge < -0.3 is 9.88 Å². The van der Waals surface area contributed by atoms with Gasteiger partial charge in [0.2, 0.25) is 0 Å². The highest BCUT2D eigenvalue weighted by atomic mass is 79.9. The molecule has 1 saturated carbocycles. The average Bonchev–Trinajstić information content (AvgIpc) is 3.11. The molecular formula is C24H28BrN3O. The lowest BCUT2D eigenvalue weighted by Crippen LogP contribution is -2.26. The van der Waals surface area contributed by atoms with Crippen LogP contribution in [0.5, 0.6) is 0 Å². The molecule has 1 aliphatic rings. The Kier molecular flexibility index (Phi) is 6.65. The Balaban J connectivity index is 1.42.